The van der Waals surface area contributed by atoms with Crippen molar-refractivity contribution in [1.82, 2.24) is 0 Å². The SMILES string of the molecule is Cl.Cl.[CH2]=[Zr]([C]1=CC(C2C3CC4CC(C3)CC2C4)=CC1C)([c]1ccc(C)cc1)([c]1ccc(C)cc1)[c]1c(C(C)(C)C)ccc2c1Cc1cc(C(C)(C)C)ccc1-2. The Morgan fingerprint density at radius 2 is 1.16 bits per heavy atom. The van der Waals surface area contributed by atoms with Crippen LogP contribution in [0.15, 0.2) is 99.9 Å². The van der Waals surface area contributed by atoms with Gasteiger partial charge in [0, 0.05) is 0 Å². The van der Waals surface area contributed by atoms with Crippen molar-refractivity contribution in [2.75, 3.05) is 0 Å². The predicted molar refractivity (Wildman–Crippen MR) is 241 cm³/mol. The zero-order valence-electron chi connectivity index (χ0n) is 34.9. The molecule has 0 nitrogen and oxygen atoms in total. The van der Waals surface area contributed by atoms with Gasteiger partial charge in [-0.25, -0.2) is 0 Å². The zero-order valence-corrected chi connectivity index (χ0v) is 39.0. The van der Waals surface area contributed by atoms with Crippen LogP contribution in [0.5, 0.6) is 0 Å². The standard InChI is InChI=1S/C21H25.C16H21.2C7H7.CH2.2ClH.Zr/c1-20(2,3)16-7-9-18-14(12-16)11-15-13-17(21(4,5)6)8-10-19(15)18;1-10-2-3-13(4-10)16-14-6-11-5-12(8-14)9-15(16)7-11;2*1-7-5-3-2-4-6-7;;;;/h7-10,12H,11H2,1-6H3;3-4,10-12,14-16H,5-9H2,1H3;2*3-6H,1H3;1H2;2*1H;. The van der Waals surface area contributed by atoms with E-state index >= 15 is 0 Å². The number of hydrogen-bond donors (Lipinski definition) is 0. The summed E-state index contributed by atoms with van der Waals surface area (Å²) in [6.45, 7) is 21.4. The maximum atomic E-state index is 6.05. The van der Waals surface area contributed by atoms with E-state index in [1.807, 2.05) is 0 Å². The molecular weight excluding hydrogens is 787 g/mol. The summed E-state index contributed by atoms with van der Waals surface area (Å²) in [7, 11) is 0. The average Bonchev–Trinajstić information content (AvgIpc) is 3.67. The molecule has 0 spiro atoms. The summed E-state index contributed by atoms with van der Waals surface area (Å²) in [5.41, 5.74) is 13.2. The third kappa shape index (κ3) is 6.18. The molecule has 1 unspecified atom stereocenters. The Bertz CT molecular complexity index is 2190. The van der Waals surface area contributed by atoms with Gasteiger partial charge in [0.2, 0.25) is 0 Å². The Hall–Kier alpha value is -2.31. The molecule has 4 aromatic carbocycles. The molecule has 3 heteroatoms. The average molecular weight is 851 g/mol. The zero-order chi connectivity index (χ0) is 37.3. The summed E-state index contributed by atoms with van der Waals surface area (Å²) in [4.78, 5) is 0. The summed E-state index contributed by atoms with van der Waals surface area (Å²) < 4.78 is 12.3. The number of allylic oxidation sites excluding steroid dienone is 4. The molecule has 4 aromatic rings. The molecule has 0 aromatic heterocycles. The topological polar surface area (TPSA) is 0 Å². The van der Waals surface area contributed by atoms with E-state index in [9.17, 15) is 0 Å². The molecule has 1 atom stereocenters. The monoisotopic (exact) mass is 848 g/mol. The molecule has 0 radical (unpaired) electrons. The number of rotatable bonds is 5. The fraction of sp³-hybridized carbons (Fsp3) is 0.442. The van der Waals surface area contributed by atoms with Gasteiger partial charge in [-0.3, -0.25) is 0 Å². The Labute approximate surface area is 346 Å². The first-order valence-electron chi connectivity index (χ1n) is 21.0. The third-order valence-corrected chi connectivity index (χ3v) is 31.8. The van der Waals surface area contributed by atoms with Crippen LogP contribution in [0.4, 0.5) is 0 Å². The van der Waals surface area contributed by atoms with Crippen LogP contribution in [0.2, 0.25) is 0 Å². The van der Waals surface area contributed by atoms with E-state index in [1.165, 1.54) is 77.6 Å². The van der Waals surface area contributed by atoms with Crippen LogP contribution in [-0.2, 0) is 35.5 Å². The molecule has 6 aliphatic carbocycles. The molecule has 0 N–H and O–H groups in total. The molecule has 55 heavy (non-hydrogen) atoms. The van der Waals surface area contributed by atoms with Crippen LogP contribution in [0, 0.1) is 49.4 Å². The van der Waals surface area contributed by atoms with Crippen molar-refractivity contribution in [3.63, 3.8) is 0 Å². The molecule has 0 heterocycles. The number of fused-ring (bicyclic) bond motifs is 3. The molecule has 10 rings (SSSR count). The fourth-order valence-electron chi connectivity index (χ4n) is 12.9. The Balaban J connectivity index is 0.00000233. The molecule has 6 aliphatic rings. The molecular formula is C52H64Cl2Zr. The Kier molecular flexibility index (Phi) is 10.3. The van der Waals surface area contributed by atoms with Crippen molar-refractivity contribution >= 4 is 38.8 Å². The Morgan fingerprint density at radius 1 is 0.636 bits per heavy atom. The van der Waals surface area contributed by atoms with Gasteiger partial charge in [0.1, 0.15) is 0 Å². The van der Waals surface area contributed by atoms with Gasteiger partial charge in [0.25, 0.3) is 0 Å². The van der Waals surface area contributed by atoms with E-state index in [1.54, 1.807) is 17.7 Å². The van der Waals surface area contributed by atoms with E-state index in [2.05, 4.69) is 153 Å². The maximum absolute atomic E-state index is 6.05. The third-order valence-electron chi connectivity index (χ3n) is 15.2. The van der Waals surface area contributed by atoms with Crippen molar-refractivity contribution in [3.8, 4) is 11.1 Å². The molecule has 290 valence electrons. The first-order valence-corrected chi connectivity index (χ1v) is 27.6. The summed E-state index contributed by atoms with van der Waals surface area (Å²) >= 11 is -5.09. The van der Waals surface area contributed by atoms with Crippen LogP contribution in [-0.4, -0.2) is 4.21 Å². The van der Waals surface area contributed by atoms with Crippen LogP contribution in [0.25, 0.3) is 11.1 Å². The van der Waals surface area contributed by atoms with E-state index in [0.29, 0.717) is 5.92 Å². The van der Waals surface area contributed by atoms with Crippen LogP contribution in [0.1, 0.15) is 114 Å². The van der Waals surface area contributed by atoms with Crippen molar-refractivity contribution in [2.24, 2.45) is 35.5 Å². The molecule has 4 saturated carbocycles. The predicted octanol–water partition coefficient (Wildman–Crippen LogP) is 12.2. The molecule has 4 bridgehead atoms. The van der Waals surface area contributed by atoms with Crippen molar-refractivity contribution in [3.05, 3.63) is 133 Å². The number of aryl methyl sites for hydroxylation is 2. The van der Waals surface area contributed by atoms with Gasteiger partial charge in [0.15, 0.2) is 0 Å². The van der Waals surface area contributed by atoms with Gasteiger partial charge in [-0.1, -0.05) is 0 Å². The van der Waals surface area contributed by atoms with Crippen molar-refractivity contribution in [2.45, 2.75) is 112 Å². The Morgan fingerprint density at radius 3 is 1.67 bits per heavy atom. The first kappa shape index (κ1) is 40.9. The summed E-state index contributed by atoms with van der Waals surface area (Å²) in [6.07, 6.45) is 13.9. The van der Waals surface area contributed by atoms with Crippen LogP contribution in [0.3, 0.4) is 0 Å². The summed E-state index contributed by atoms with van der Waals surface area (Å²) in [5.74, 6) is 4.75. The van der Waals surface area contributed by atoms with Gasteiger partial charge in [0.05, 0.1) is 0 Å². The van der Waals surface area contributed by atoms with Gasteiger partial charge in [-0.05, 0) is 0 Å². The van der Waals surface area contributed by atoms with Crippen LogP contribution < -0.4 is 9.81 Å². The molecule has 0 aliphatic heterocycles. The van der Waals surface area contributed by atoms with E-state index in [0.717, 1.165) is 36.0 Å². The van der Waals surface area contributed by atoms with Gasteiger partial charge in [-0.15, -0.1) is 24.8 Å². The second kappa shape index (κ2) is 13.9. The molecule has 0 amide bonds. The second-order valence-electron chi connectivity index (χ2n) is 20.8. The summed E-state index contributed by atoms with van der Waals surface area (Å²) in [6, 6.07) is 32.0. The normalized spacial score (nSPS) is 25.4. The van der Waals surface area contributed by atoms with E-state index < -0.39 is 18.3 Å². The number of halogens is 2. The van der Waals surface area contributed by atoms with Gasteiger partial charge < -0.3 is 0 Å². The molecule has 4 fully saturated rings. The minimum atomic E-state index is -5.09. The second-order valence-corrected chi connectivity index (χ2v) is 33.4. The van der Waals surface area contributed by atoms with Gasteiger partial charge >= 0.3 is 324 Å². The van der Waals surface area contributed by atoms with E-state index in [4.69, 9.17) is 4.21 Å². The quantitative estimate of drug-likeness (QED) is 0.165. The molecule has 0 saturated heterocycles. The number of hydrogen-bond acceptors (Lipinski definition) is 0. The van der Waals surface area contributed by atoms with Crippen molar-refractivity contribution in [1.29, 1.82) is 0 Å². The van der Waals surface area contributed by atoms with E-state index in [-0.39, 0.29) is 35.6 Å². The van der Waals surface area contributed by atoms with Crippen molar-refractivity contribution < 1.29 is 18.3 Å². The van der Waals surface area contributed by atoms with Crippen LogP contribution >= 0.6 is 24.8 Å². The summed E-state index contributed by atoms with van der Waals surface area (Å²) in [5, 5.41) is 0. The fourth-order valence-corrected chi connectivity index (χ4v) is 30.5. The first-order chi connectivity index (χ1) is 25.0. The number of benzene rings is 4. The minimum absolute atomic E-state index is 0. The van der Waals surface area contributed by atoms with Gasteiger partial charge in [-0.2, -0.15) is 0 Å².